The van der Waals surface area contributed by atoms with E-state index < -0.39 is 5.60 Å². The van der Waals surface area contributed by atoms with Gasteiger partial charge in [-0.15, -0.1) is 0 Å². The van der Waals surface area contributed by atoms with E-state index in [1.165, 1.54) is 0 Å². The summed E-state index contributed by atoms with van der Waals surface area (Å²) in [6.45, 7) is 6.58. The van der Waals surface area contributed by atoms with Gasteiger partial charge in [-0.2, -0.15) is 0 Å². The molecule has 3 nitrogen and oxygen atoms in total. The van der Waals surface area contributed by atoms with E-state index >= 15 is 0 Å². The van der Waals surface area contributed by atoms with Gasteiger partial charge in [0.1, 0.15) is 12.4 Å². The van der Waals surface area contributed by atoms with Crippen LogP contribution in [0.25, 0.3) is 11.1 Å². The predicted molar refractivity (Wildman–Crippen MR) is 117 cm³/mol. The molecular formula is C26H29O3. The summed E-state index contributed by atoms with van der Waals surface area (Å²) in [7, 11) is 0. The Morgan fingerprint density at radius 1 is 0.966 bits per heavy atom. The van der Waals surface area contributed by atoms with Crippen LogP contribution in [0, 0.1) is 13.0 Å². The van der Waals surface area contributed by atoms with Crippen LogP contribution in [0.4, 0.5) is 0 Å². The van der Waals surface area contributed by atoms with Gasteiger partial charge in [0.2, 0.25) is 0 Å². The maximum atomic E-state index is 10.8. The van der Waals surface area contributed by atoms with Gasteiger partial charge in [-0.05, 0) is 77.4 Å². The van der Waals surface area contributed by atoms with Crippen molar-refractivity contribution in [1.29, 1.82) is 0 Å². The lowest BCUT2D eigenvalue weighted by Gasteiger charge is -2.26. The Bertz CT molecular complexity index is 923. The normalized spacial score (nSPS) is 11.5. The Kier molecular flexibility index (Phi) is 6.73. The van der Waals surface area contributed by atoms with E-state index in [4.69, 9.17) is 9.84 Å². The van der Waals surface area contributed by atoms with E-state index in [2.05, 4.69) is 37.3 Å². The van der Waals surface area contributed by atoms with E-state index in [9.17, 15) is 5.11 Å². The first kappa shape index (κ1) is 21.1. The molecule has 0 heterocycles. The van der Waals surface area contributed by atoms with Crippen molar-refractivity contribution in [2.75, 3.05) is 0 Å². The first-order chi connectivity index (χ1) is 14.0. The maximum absolute atomic E-state index is 10.8. The van der Waals surface area contributed by atoms with E-state index in [-0.39, 0.29) is 6.61 Å². The van der Waals surface area contributed by atoms with Crippen molar-refractivity contribution in [3.05, 3.63) is 89.0 Å². The molecule has 3 rings (SSSR count). The highest BCUT2D eigenvalue weighted by molar-refractivity contribution is 5.68. The molecule has 0 saturated carbocycles. The smallest absolute Gasteiger partial charge is 0.119 e. The lowest BCUT2D eigenvalue weighted by atomic mass is 9.86. The molecule has 0 amide bonds. The van der Waals surface area contributed by atoms with E-state index in [0.717, 1.165) is 39.1 Å². The molecule has 29 heavy (non-hydrogen) atoms. The van der Waals surface area contributed by atoms with Gasteiger partial charge in [0, 0.05) is 0 Å². The molecule has 3 heteroatoms. The lowest BCUT2D eigenvalue weighted by molar-refractivity contribution is 0.0283. The number of aliphatic hydroxyl groups is 2. The molecular weight excluding hydrogens is 360 g/mol. The molecule has 3 aromatic rings. The van der Waals surface area contributed by atoms with Crippen molar-refractivity contribution < 1.29 is 14.9 Å². The van der Waals surface area contributed by atoms with Crippen molar-refractivity contribution in [2.24, 2.45) is 0 Å². The summed E-state index contributed by atoms with van der Waals surface area (Å²) in [5, 5.41) is 19.9. The first-order valence-corrected chi connectivity index (χ1v) is 10.2. The molecule has 1 radical (unpaired) electrons. The van der Waals surface area contributed by atoms with Gasteiger partial charge in [-0.25, -0.2) is 0 Å². The Hall–Kier alpha value is -2.62. The number of hydrogen-bond donors (Lipinski definition) is 2. The van der Waals surface area contributed by atoms with Crippen LogP contribution in [0.5, 0.6) is 5.75 Å². The molecule has 0 saturated heterocycles. The molecule has 0 atom stereocenters. The monoisotopic (exact) mass is 389 g/mol. The molecule has 0 spiro atoms. The largest absolute Gasteiger partial charge is 0.489 e. The molecule has 0 aliphatic heterocycles. The van der Waals surface area contributed by atoms with E-state index in [1.54, 1.807) is 0 Å². The van der Waals surface area contributed by atoms with Gasteiger partial charge in [0.05, 0.1) is 12.2 Å². The summed E-state index contributed by atoms with van der Waals surface area (Å²) in [4.78, 5) is 0. The maximum Gasteiger partial charge on any atom is 0.119 e. The summed E-state index contributed by atoms with van der Waals surface area (Å²) >= 11 is 0. The molecule has 0 unspecified atom stereocenters. The van der Waals surface area contributed by atoms with Gasteiger partial charge in [0.15, 0.2) is 0 Å². The van der Waals surface area contributed by atoms with Gasteiger partial charge < -0.3 is 14.9 Å². The van der Waals surface area contributed by atoms with Crippen LogP contribution >= 0.6 is 0 Å². The molecule has 2 N–H and O–H groups in total. The number of aryl methyl sites for hydroxylation is 1. The van der Waals surface area contributed by atoms with E-state index in [0.29, 0.717) is 19.4 Å². The fraction of sp³-hybridized carbons (Fsp3) is 0.308. The zero-order chi connectivity index (χ0) is 20.9. The van der Waals surface area contributed by atoms with Crippen molar-refractivity contribution >= 4 is 0 Å². The highest BCUT2D eigenvalue weighted by Crippen LogP contribution is 2.33. The topological polar surface area (TPSA) is 49.7 Å². The zero-order valence-electron chi connectivity index (χ0n) is 17.4. The minimum atomic E-state index is -0.756. The summed E-state index contributed by atoms with van der Waals surface area (Å²) in [5.41, 5.74) is 5.44. The van der Waals surface area contributed by atoms with E-state index in [1.807, 2.05) is 50.2 Å². The molecule has 3 aromatic carbocycles. The van der Waals surface area contributed by atoms with Crippen molar-refractivity contribution in [1.82, 2.24) is 0 Å². The number of benzene rings is 3. The number of rotatable bonds is 8. The van der Waals surface area contributed by atoms with Crippen LogP contribution < -0.4 is 4.74 Å². The Labute approximate surface area is 173 Å². The Balaban J connectivity index is 1.71. The summed E-state index contributed by atoms with van der Waals surface area (Å²) in [6, 6.07) is 23.0. The quantitative estimate of drug-likeness (QED) is 0.532. The van der Waals surface area contributed by atoms with Crippen LogP contribution in [0.2, 0.25) is 0 Å². The molecule has 0 aliphatic carbocycles. The summed E-state index contributed by atoms with van der Waals surface area (Å²) < 4.78 is 5.86. The average molecular weight is 390 g/mol. The fourth-order valence-corrected chi connectivity index (χ4v) is 3.51. The van der Waals surface area contributed by atoms with Crippen LogP contribution in [0.1, 0.15) is 48.9 Å². The third-order valence-electron chi connectivity index (χ3n) is 5.62. The Morgan fingerprint density at radius 2 is 1.69 bits per heavy atom. The zero-order valence-corrected chi connectivity index (χ0v) is 17.4. The standard InChI is InChI=1S/C26H29O3/c1-4-26(28,5-2)23-12-15-25(19(3)16-23)22-10-13-24(14-11-22)29-18-21-8-6-20(17-27)7-9-21/h6,8-16,27-28H,4-5,17-18H2,1-3H3. The van der Waals surface area contributed by atoms with Gasteiger partial charge in [-0.3, -0.25) is 0 Å². The second-order valence-electron chi connectivity index (χ2n) is 7.46. The minimum Gasteiger partial charge on any atom is -0.489 e. The second-order valence-corrected chi connectivity index (χ2v) is 7.46. The SMILES string of the molecule is CCC(O)(CC)c1ccc(-c2ccc(OCc3c[c]c(CO)cc3)cc2)c(C)c1. The molecule has 0 aliphatic rings. The predicted octanol–water partition coefficient (Wildman–Crippen LogP) is 5.54. The van der Waals surface area contributed by atoms with Crippen LogP contribution in [0.15, 0.2) is 60.7 Å². The van der Waals surface area contributed by atoms with Crippen LogP contribution in [-0.2, 0) is 18.8 Å². The molecule has 0 fully saturated rings. The van der Waals surface area contributed by atoms with Gasteiger partial charge in [-0.1, -0.05) is 56.3 Å². The van der Waals surface area contributed by atoms with Crippen molar-refractivity contribution in [2.45, 2.75) is 52.4 Å². The van der Waals surface area contributed by atoms with Gasteiger partial charge >= 0.3 is 0 Å². The highest BCUT2D eigenvalue weighted by Gasteiger charge is 2.25. The summed E-state index contributed by atoms with van der Waals surface area (Å²) in [5.74, 6) is 0.806. The third kappa shape index (κ3) is 4.87. The number of hydrogen-bond acceptors (Lipinski definition) is 3. The summed E-state index contributed by atoms with van der Waals surface area (Å²) in [6.07, 6.45) is 1.41. The third-order valence-corrected chi connectivity index (χ3v) is 5.62. The molecule has 0 aromatic heterocycles. The second kappa shape index (κ2) is 9.25. The first-order valence-electron chi connectivity index (χ1n) is 10.2. The van der Waals surface area contributed by atoms with Crippen LogP contribution in [-0.4, -0.2) is 10.2 Å². The Morgan fingerprint density at radius 3 is 2.24 bits per heavy atom. The molecule has 0 bridgehead atoms. The van der Waals surface area contributed by atoms with Crippen LogP contribution in [0.3, 0.4) is 0 Å². The van der Waals surface area contributed by atoms with Crippen molar-refractivity contribution in [3.63, 3.8) is 0 Å². The molecule has 151 valence electrons. The highest BCUT2D eigenvalue weighted by atomic mass is 16.5. The van der Waals surface area contributed by atoms with Gasteiger partial charge in [0.25, 0.3) is 0 Å². The van der Waals surface area contributed by atoms with Crippen molar-refractivity contribution in [3.8, 4) is 16.9 Å². The lowest BCUT2D eigenvalue weighted by Crippen LogP contribution is -2.23. The average Bonchev–Trinajstić information content (AvgIpc) is 2.78. The fourth-order valence-electron chi connectivity index (χ4n) is 3.51. The number of ether oxygens (including phenoxy) is 1. The number of aliphatic hydroxyl groups excluding tert-OH is 1. The minimum absolute atomic E-state index is 0.000820.